The summed E-state index contributed by atoms with van der Waals surface area (Å²) >= 11 is 0. The van der Waals surface area contributed by atoms with E-state index in [1.54, 1.807) is 13.8 Å². The minimum absolute atomic E-state index is 0.0339. The van der Waals surface area contributed by atoms with Gasteiger partial charge in [0.25, 0.3) is 0 Å². The van der Waals surface area contributed by atoms with Crippen LogP contribution in [0.3, 0.4) is 0 Å². The normalized spacial score (nSPS) is 25.5. The van der Waals surface area contributed by atoms with E-state index < -0.39 is 5.92 Å². The number of piperidine rings is 1. The fraction of sp³-hybridized carbons (Fsp3) is 0.826. The third-order valence-corrected chi connectivity index (χ3v) is 6.37. The van der Waals surface area contributed by atoms with E-state index in [9.17, 15) is 19.2 Å². The summed E-state index contributed by atoms with van der Waals surface area (Å²) in [6.45, 7) is 7.03. The predicted octanol–water partition coefficient (Wildman–Crippen LogP) is 1.57. The summed E-state index contributed by atoms with van der Waals surface area (Å²) in [5.41, 5.74) is 0. The Kier molecular flexibility index (Phi) is 11.1. The minimum atomic E-state index is -0.496. The van der Waals surface area contributed by atoms with Crippen LogP contribution in [0, 0.1) is 5.92 Å². The van der Waals surface area contributed by atoms with Crippen LogP contribution < -0.4 is 0 Å². The molecule has 3 aliphatic rings. The van der Waals surface area contributed by atoms with Crippen LogP contribution >= 0.6 is 0 Å². The standard InChI is InChI=1S/C12H21NO4.C11H17NO3/c1-3-17-11(14)7-6-10-5-4-8-13(10)9-12(15)16-2;1-2-15-11(14)9-6-8-4-3-5-12(8)7-10(9)13/h10H,3-9H2,1-2H3;8-9H,2-7H2,1H3. The summed E-state index contributed by atoms with van der Waals surface area (Å²) in [4.78, 5) is 50.0. The molecule has 0 aliphatic carbocycles. The number of fused-ring (bicyclic) bond motifs is 1. The molecule has 0 N–H and O–H groups in total. The van der Waals surface area contributed by atoms with Gasteiger partial charge in [-0.1, -0.05) is 0 Å². The van der Waals surface area contributed by atoms with Gasteiger partial charge in [-0.3, -0.25) is 29.0 Å². The molecule has 3 rings (SSSR count). The summed E-state index contributed by atoms with van der Waals surface area (Å²) in [5.74, 6) is -1.16. The molecule has 9 nitrogen and oxygen atoms in total. The summed E-state index contributed by atoms with van der Waals surface area (Å²) < 4.78 is 14.5. The van der Waals surface area contributed by atoms with E-state index in [0.717, 1.165) is 45.2 Å². The first-order valence-electron chi connectivity index (χ1n) is 11.8. The Morgan fingerprint density at radius 3 is 2.41 bits per heavy atom. The van der Waals surface area contributed by atoms with E-state index in [4.69, 9.17) is 9.47 Å². The van der Waals surface area contributed by atoms with Crippen LogP contribution in [-0.2, 0) is 33.4 Å². The van der Waals surface area contributed by atoms with Gasteiger partial charge in [-0.15, -0.1) is 0 Å². The molecule has 0 saturated carbocycles. The third kappa shape index (κ3) is 7.85. The maximum atomic E-state index is 11.7. The number of rotatable bonds is 8. The van der Waals surface area contributed by atoms with Gasteiger partial charge < -0.3 is 14.2 Å². The maximum absolute atomic E-state index is 11.7. The second-order valence-electron chi connectivity index (χ2n) is 8.46. The first kappa shape index (κ1) is 26.3. The number of ketones is 1. The average Bonchev–Trinajstić information content (AvgIpc) is 3.41. The van der Waals surface area contributed by atoms with Gasteiger partial charge in [0, 0.05) is 18.5 Å². The number of nitrogens with zero attached hydrogens (tertiary/aromatic N) is 2. The summed E-state index contributed by atoms with van der Waals surface area (Å²) in [7, 11) is 1.39. The van der Waals surface area contributed by atoms with Gasteiger partial charge in [0.2, 0.25) is 0 Å². The molecule has 3 saturated heterocycles. The van der Waals surface area contributed by atoms with Crippen LogP contribution in [-0.4, -0.2) is 92.1 Å². The average molecular weight is 455 g/mol. The molecule has 0 bridgehead atoms. The number of carbonyl (C=O) groups excluding carboxylic acids is 4. The molecule has 0 amide bonds. The summed E-state index contributed by atoms with van der Waals surface area (Å²) in [6.07, 6.45) is 6.22. The second kappa shape index (κ2) is 13.5. The fourth-order valence-corrected chi connectivity index (χ4v) is 4.73. The molecule has 0 spiro atoms. The molecule has 3 heterocycles. The number of likely N-dealkylation sites (tertiary alicyclic amines) is 1. The van der Waals surface area contributed by atoms with E-state index in [-0.39, 0.29) is 23.7 Å². The highest BCUT2D eigenvalue weighted by Crippen LogP contribution is 2.29. The Balaban J connectivity index is 0.000000228. The van der Waals surface area contributed by atoms with Gasteiger partial charge in [-0.25, -0.2) is 0 Å². The van der Waals surface area contributed by atoms with Crippen molar-refractivity contribution in [1.29, 1.82) is 0 Å². The highest BCUT2D eigenvalue weighted by atomic mass is 16.5. The lowest BCUT2D eigenvalue weighted by atomic mass is 9.90. The van der Waals surface area contributed by atoms with Crippen molar-refractivity contribution in [2.45, 2.75) is 70.9 Å². The van der Waals surface area contributed by atoms with Crippen LogP contribution in [0.2, 0.25) is 0 Å². The van der Waals surface area contributed by atoms with E-state index in [0.29, 0.717) is 51.2 Å². The van der Waals surface area contributed by atoms with Crippen molar-refractivity contribution in [2.24, 2.45) is 5.92 Å². The van der Waals surface area contributed by atoms with E-state index in [2.05, 4.69) is 14.5 Å². The Hall–Kier alpha value is -2.00. The van der Waals surface area contributed by atoms with Crippen molar-refractivity contribution in [3.05, 3.63) is 0 Å². The van der Waals surface area contributed by atoms with Crippen LogP contribution in [0.25, 0.3) is 0 Å². The van der Waals surface area contributed by atoms with Crippen molar-refractivity contribution in [2.75, 3.05) is 46.5 Å². The van der Waals surface area contributed by atoms with Gasteiger partial charge in [0.05, 0.1) is 33.4 Å². The third-order valence-electron chi connectivity index (χ3n) is 6.37. The van der Waals surface area contributed by atoms with Crippen molar-refractivity contribution in [1.82, 2.24) is 9.80 Å². The number of esters is 3. The fourth-order valence-electron chi connectivity index (χ4n) is 4.73. The zero-order valence-corrected chi connectivity index (χ0v) is 19.7. The zero-order valence-electron chi connectivity index (χ0n) is 19.7. The molecule has 3 atom stereocenters. The van der Waals surface area contributed by atoms with Gasteiger partial charge in [-0.2, -0.15) is 0 Å². The zero-order chi connectivity index (χ0) is 23.5. The van der Waals surface area contributed by atoms with Crippen molar-refractivity contribution < 1.29 is 33.4 Å². The van der Waals surface area contributed by atoms with Crippen molar-refractivity contribution in [3.8, 4) is 0 Å². The van der Waals surface area contributed by atoms with Gasteiger partial charge in [0.1, 0.15) is 5.92 Å². The Labute approximate surface area is 190 Å². The molecule has 3 fully saturated rings. The van der Waals surface area contributed by atoms with E-state index >= 15 is 0 Å². The molecule has 32 heavy (non-hydrogen) atoms. The van der Waals surface area contributed by atoms with Crippen LogP contribution in [0.1, 0.15) is 58.8 Å². The Bertz CT molecular complexity index is 654. The minimum Gasteiger partial charge on any atom is -0.468 e. The predicted molar refractivity (Wildman–Crippen MR) is 117 cm³/mol. The van der Waals surface area contributed by atoms with Gasteiger partial charge >= 0.3 is 17.9 Å². The first-order valence-corrected chi connectivity index (χ1v) is 11.8. The number of hydrogen-bond acceptors (Lipinski definition) is 9. The number of carbonyl (C=O) groups is 4. The highest BCUT2D eigenvalue weighted by Gasteiger charge is 2.40. The Morgan fingerprint density at radius 1 is 1.00 bits per heavy atom. The molecular weight excluding hydrogens is 416 g/mol. The molecule has 3 aliphatic heterocycles. The first-order chi connectivity index (χ1) is 15.4. The van der Waals surface area contributed by atoms with Gasteiger partial charge in [0.15, 0.2) is 5.78 Å². The van der Waals surface area contributed by atoms with Crippen molar-refractivity contribution in [3.63, 3.8) is 0 Å². The molecule has 0 radical (unpaired) electrons. The molecule has 0 aromatic carbocycles. The van der Waals surface area contributed by atoms with Crippen molar-refractivity contribution >= 4 is 23.7 Å². The number of Topliss-reactive ketones (excluding diaryl/α,β-unsaturated/α-hetero) is 1. The van der Waals surface area contributed by atoms with Gasteiger partial charge in [-0.05, 0) is 65.5 Å². The van der Waals surface area contributed by atoms with E-state index in [1.807, 2.05) is 0 Å². The second-order valence-corrected chi connectivity index (χ2v) is 8.46. The highest BCUT2D eigenvalue weighted by molar-refractivity contribution is 6.00. The maximum Gasteiger partial charge on any atom is 0.319 e. The smallest absolute Gasteiger partial charge is 0.319 e. The van der Waals surface area contributed by atoms with Crippen LogP contribution in [0.15, 0.2) is 0 Å². The molecule has 182 valence electrons. The summed E-state index contributed by atoms with van der Waals surface area (Å²) in [5, 5.41) is 0. The quantitative estimate of drug-likeness (QED) is 0.307. The van der Waals surface area contributed by atoms with E-state index in [1.165, 1.54) is 7.11 Å². The number of ether oxygens (including phenoxy) is 3. The van der Waals surface area contributed by atoms with Crippen LogP contribution in [0.5, 0.6) is 0 Å². The lowest BCUT2D eigenvalue weighted by Gasteiger charge is -2.32. The Morgan fingerprint density at radius 2 is 1.72 bits per heavy atom. The SMILES string of the molecule is CCOC(=O)C1CC2CCCN2CC1=O.CCOC(=O)CCC1CCCN1CC(=O)OC. The molecular formula is C23H38N2O7. The number of methoxy groups -OCH3 is 1. The topological polar surface area (TPSA) is 102 Å². The molecule has 9 heteroatoms. The van der Waals surface area contributed by atoms with Crippen LogP contribution in [0.4, 0.5) is 0 Å². The largest absolute Gasteiger partial charge is 0.468 e. The number of hydrogen-bond donors (Lipinski definition) is 0. The monoisotopic (exact) mass is 454 g/mol. The molecule has 0 aromatic rings. The summed E-state index contributed by atoms with van der Waals surface area (Å²) in [6, 6.07) is 0.732. The molecule has 3 unspecified atom stereocenters. The lowest BCUT2D eigenvalue weighted by molar-refractivity contribution is -0.154. The lowest BCUT2D eigenvalue weighted by Crippen LogP contribution is -2.47. The molecule has 0 aromatic heterocycles.